The van der Waals surface area contributed by atoms with Crippen LogP contribution in [0.1, 0.15) is 30.4 Å². The van der Waals surface area contributed by atoms with E-state index < -0.39 is 47.9 Å². The highest BCUT2D eigenvalue weighted by molar-refractivity contribution is 7.80. The predicted molar refractivity (Wildman–Crippen MR) is 150 cm³/mol. The summed E-state index contributed by atoms with van der Waals surface area (Å²) in [5.41, 5.74) is 12.8. The molecular formula is C27H37N5O6S. The zero-order chi connectivity index (χ0) is 28.8. The lowest BCUT2D eigenvalue weighted by molar-refractivity contribution is -0.142. The van der Waals surface area contributed by atoms with Crippen LogP contribution in [0.2, 0.25) is 0 Å². The Labute approximate surface area is 233 Å². The number of amides is 3. The molecule has 3 amide bonds. The quantitative estimate of drug-likeness (QED) is 0.105. The molecule has 0 saturated heterocycles. The van der Waals surface area contributed by atoms with Gasteiger partial charge in [-0.05, 0) is 42.6 Å². The topological polar surface area (TPSA) is 197 Å². The van der Waals surface area contributed by atoms with E-state index in [1.54, 1.807) is 42.5 Å². The molecule has 0 spiro atoms. The van der Waals surface area contributed by atoms with Gasteiger partial charge in [-0.2, -0.15) is 12.6 Å². The van der Waals surface area contributed by atoms with Crippen LogP contribution in [0.3, 0.4) is 0 Å². The number of nitrogens with one attached hydrogen (secondary N) is 3. The number of carbonyl (C=O) groups excluding carboxylic acids is 3. The predicted octanol–water partition coefficient (Wildman–Crippen LogP) is 0.103. The summed E-state index contributed by atoms with van der Waals surface area (Å²) in [6.45, 7) is 0.474. The average molecular weight is 560 g/mol. The monoisotopic (exact) mass is 559 g/mol. The Morgan fingerprint density at radius 3 is 1.90 bits per heavy atom. The van der Waals surface area contributed by atoms with Crippen molar-refractivity contribution in [2.24, 2.45) is 11.5 Å². The number of carboxylic acid groups (broad SMARTS) is 1. The second-order valence-corrected chi connectivity index (χ2v) is 9.52. The fraction of sp³-hybridized carbons (Fsp3) is 0.407. The fourth-order valence-electron chi connectivity index (χ4n) is 3.78. The number of aliphatic carboxylic acids is 1. The molecule has 0 aliphatic carbocycles. The number of hydrogen-bond acceptors (Lipinski definition) is 8. The van der Waals surface area contributed by atoms with E-state index in [0.717, 1.165) is 5.56 Å². The van der Waals surface area contributed by atoms with Gasteiger partial charge in [-0.25, -0.2) is 4.79 Å². The molecule has 0 bridgehead atoms. The molecule has 0 fully saturated rings. The normalized spacial score (nSPS) is 13.9. The Balaban J connectivity index is 2.12. The van der Waals surface area contributed by atoms with E-state index in [4.69, 9.17) is 11.5 Å². The second-order valence-electron chi connectivity index (χ2n) is 9.16. The van der Waals surface area contributed by atoms with Crippen molar-refractivity contribution < 1.29 is 29.4 Å². The van der Waals surface area contributed by atoms with Crippen molar-refractivity contribution in [1.82, 2.24) is 16.0 Å². The van der Waals surface area contributed by atoms with Crippen LogP contribution in [0.4, 0.5) is 0 Å². The number of carbonyl (C=O) groups is 4. The molecule has 0 saturated carbocycles. The summed E-state index contributed by atoms with van der Waals surface area (Å²) >= 11 is 4.16. The van der Waals surface area contributed by atoms with E-state index in [0.29, 0.717) is 31.4 Å². The minimum atomic E-state index is -1.22. The number of nitrogens with two attached hydrogens (primary N) is 2. The highest BCUT2D eigenvalue weighted by Crippen LogP contribution is 2.12. The summed E-state index contributed by atoms with van der Waals surface area (Å²) in [6.07, 6.45) is 1.85. The van der Waals surface area contributed by atoms with Crippen LogP contribution in [-0.4, -0.2) is 70.4 Å². The number of phenolic OH excluding ortho intramolecular Hbond substituents is 1. The summed E-state index contributed by atoms with van der Waals surface area (Å²) in [6, 6.07) is 10.6. The van der Waals surface area contributed by atoms with Crippen LogP contribution in [0.25, 0.3) is 0 Å². The van der Waals surface area contributed by atoms with E-state index in [1.165, 1.54) is 12.1 Å². The molecule has 11 nitrogen and oxygen atoms in total. The van der Waals surface area contributed by atoms with Gasteiger partial charge in [0.25, 0.3) is 0 Å². The lowest BCUT2D eigenvalue weighted by Crippen LogP contribution is -2.58. The maximum absolute atomic E-state index is 13.3. The lowest BCUT2D eigenvalue weighted by atomic mass is 10.0. The Kier molecular flexibility index (Phi) is 13.3. The van der Waals surface area contributed by atoms with Gasteiger partial charge >= 0.3 is 5.97 Å². The lowest BCUT2D eigenvalue weighted by Gasteiger charge is -2.24. The molecule has 2 aromatic rings. The molecule has 0 aromatic heterocycles. The van der Waals surface area contributed by atoms with Crippen molar-refractivity contribution in [3.8, 4) is 5.75 Å². The van der Waals surface area contributed by atoms with Gasteiger partial charge in [0, 0.05) is 18.6 Å². The first kappa shape index (κ1) is 31.6. The molecule has 0 heterocycles. The number of phenols is 1. The minimum Gasteiger partial charge on any atom is -0.508 e. The van der Waals surface area contributed by atoms with Crippen LogP contribution in [0.5, 0.6) is 5.75 Å². The fourth-order valence-corrected chi connectivity index (χ4v) is 4.04. The number of benzene rings is 2. The van der Waals surface area contributed by atoms with Gasteiger partial charge in [0.15, 0.2) is 0 Å². The van der Waals surface area contributed by atoms with Crippen molar-refractivity contribution in [3.63, 3.8) is 0 Å². The maximum atomic E-state index is 13.3. The number of rotatable bonds is 16. The molecule has 0 aliphatic rings. The summed E-state index contributed by atoms with van der Waals surface area (Å²) in [7, 11) is 0. The van der Waals surface area contributed by atoms with Crippen LogP contribution in [0.15, 0.2) is 54.6 Å². The Hall–Kier alpha value is -3.61. The molecule has 0 radical (unpaired) electrons. The minimum absolute atomic E-state index is 0.0426. The third kappa shape index (κ3) is 11.0. The molecule has 9 N–H and O–H groups in total. The standard InChI is InChI=1S/C27H37N5O6S/c28-13-5-4-8-20(29)24(34)30-21(14-18-9-11-19(33)12-10-18)25(35)32-23(16-39)26(36)31-22(27(37)38)15-17-6-2-1-3-7-17/h1-3,6-7,9-12,20-23,33,39H,4-5,8,13-16,28-29H2,(H,30,34)(H,31,36)(H,32,35)(H,37,38). The second kappa shape index (κ2) is 16.4. The van der Waals surface area contributed by atoms with Gasteiger partial charge in [0.05, 0.1) is 6.04 Å². The zero-order valence-corrected chi connectivity index (χ0v) is 22.5. The highest BCUT2D eigenvalue weighted by Gasteiger charge is 2.30. The van der Waals surface area contributed by atoms with Gasteiger partial charge in [-0.3, -0.25) is 14.4 Å². The molecule has 39 heavy (non-hydrogen) atoms. The van der Waals surface area contributed by atoms with E-state index in [2.05, 4.69) is 28.6 Å². The Morgan fingerprint density at radius 1 is 0.769 bits per heavy atom. The van der Waals surface area contributed by atoms with Crippen molar-refractivity contribution in [3.05, 3.63) is 65.7 Å². The largest absolute Gasteiger partial charge is 0.508 e. The molecule has 4 atom stereocenters. The first-order chi connectivity index (χ1) is 18.6. The van der Waals surface area contributed by atoms with E-state index in [1.807, 2.05) is 0 Å². The first-order valence-electron chi connectivity index (χ1n) is 12.7. The molecule has 2 aromatic carbocycles. The maximum Gasteiger partial charge on any atom is 0.326 e. The van der Waals surface area contributed by atoms with Crippen molar-refractivity contribution in [1.29, 1.82) is 0 Å². The smallest absolute Gasteiger partial charge is 0.326 e. The zero-order valence-electron chi connectivity index (χ0n) is 21.6. The van der Waals surface area contributed by atoms with E-state index in [-0.39, 0.29) is 24.3 Å². The van der Waals surface area contributed by atoms with Crippen LogP contribution in [0, 0.1) is 0 Å². The van der Waals surface area contributed by atoms with Gasteiger partial charge in [-0.1, -0.05) is 48.9 Å². The summed E-state index contributed by atoms with van der Waals surface area (Å²) in [4.78, 5) is 50.7. The first-order valence-corrected chi connectivity index (χ1v) is 13.3. The highest BCUT2D eigenvalue weighted by atomic mass is 32.1. The average Bonchev–Trinajstić information content (AvgIpc) is 2.92. The molecule has 4 unspecified atom stereocenters. The molecule has 0 aliphatic heterocycles. The number of unbranched alkanes of at least 4 members (excludes halogenated alkanes) is 1. The summed E-state index contributed by atoms with van der Waals surface area (Å²) < 4.78 is 0. The Bertz CT molecular complexity index is 1090. The van der Waals surface area contributed by atoms with Gasteiger partial charge < -0.3 is 37.6 Å². The number of thiol groups is 1. The van der Waals surface area contributed by atoms with Gasteiger partial charge in [-0.15, -0.1) is 0 Å². The van der Waals surface area contributed by atoms with Gasteiger partial charge in [0.2, 0.25) is 17.7 Å². The van der Waals surface area contributed by atoms with Crippen LogP contribution < -0.4 is 27.4 Å². The van der Waals surface area contributed by atoms with Crippen LogP contribution in [-0.2, 0) is 32.0 Å². The molecule has 212 valence electrons. The van der Waals surface area contributed by atoms with E-state index in [9.17, 15) is 29.4 Å². The van der Waals surface area contributed by atoms with Crippen molar-refractivity contribution in [2.45, 2.75) is 56.3 Å². The molecule has 12 heteroatoms. The van der Waals surface area contributed by atoms with Gasteiger partial charge in [0.1, 0.15) is 23.9 Å². The van der Waals surface area contributed by atoms with Crippen molar-refractivity contribution in [2.75, 3.05) is 12.3 Å². The third-order valence-corrected chi connectivity index (χ3v) is 6.39. The molecular weight excluding hydrogens is 522 g/mol. The summed E-state index contributed by atoms with van der Waals surface area (Å²) in [5.74, 6) is -3.23. The third-order valence-electron chi connectivity index (χ3n) is 6.03. The number of carboxylic acids is 1. The number of hydrogen-bond donors (Lipinski definition) is 8. The molecule has 2 rings (SSSR count). The number of aromatic hydroxyl groups is 1. The van der Waals surface area contributed by atoms with E-state index >= 15 is 0 Å². The van der Waals surface area contributed by atoms with Crippen LogP contribution >= 0.6 is 12.6 Å². The summed E-state index contributed by atoms with van der Waals surface area (Å²) in [5, 5.41) is 26.8. The SMILES string of the molecule is NCCCCC(N)C(=O)NC(Cc1ccc(O)cc1)C(=O)NC(CS)C(=O)NC(Cc1ccccc1)C(=O)O. The Morgan fingerprint density at radius 2 is 1.31 bits per heavy atom. The van der Waals surface area contributed by atoms with Crippen molar-refractivity contribution >= 4 is 36.3 Å².